The molecule has 0 aromatic carbocycles. The molecule has 1 aromatic rings. The second-order valence-corrected chi connectivity index (χ2v) is 3.94. The van der Waals surface area contributed by atoms with Gasteiger partial charge in [0.05, 0.1) is 12.3 Å². The summed E-state index contributed by atoms with van der Waals surface area (Å²) in [5.74, 6) is 1.06. The van der Waals surface area contributed by atoms with Crippen LogP contribution in [0, 0.1) is 6.92 Å². The number of imidazole rings is 1. The summed E-state index contributed by atoms with van der Waals surface area (Å²) >= 11 is 0. The number of nitrogens with zero attached hydrogens (tertiary/aromatic N) is 2. The summed E-state index contributed by atoms with van der Waals surface area (Å²) in [4.78, 5) is 4.32. The Labute approximate surface area is 98.0 Å². The van der Waals surface area contributed by atoms with E-state index in [0.717, 1.165) is 38.5 Å². The van der Waals surface area contributed by atoms with Crippen molar-refractivity contribution in [1.82, 2.24) is 14.9 Å². The maximum Gasteiger partial charge on any atom is 0.105 e. The van der Waals surface area contributed by atoms with Crippen LogP contribution in [0.4, 0.5) is 0 Å². The average Bonchev–Trinajstić information content (AvgIpc) is 2.61. The molecule has 4 nitrogen and oxygen atoms in total. The van der Waals surface area contributed by atoms with Gasteiger partial charge >= 0.3 is 0 Å². The van der Waals surface area contributed by atoms with Crippen LogP contribution in [0.2, 0.25) is 0 Å². The number of aromatic nitrogens is 2. The van der Waals surface area contributed by atoms with Crippen LogP contribution >= 0.6 is 0 Å². The van der Waals surface area contributed by atoms with Crippen molar-refractivity contribution < 1.29 is 4.74 Å². The Kier molecular flexibility index (Phi) is 6.11. The van der Waals surface area contributed by atoms with E-state index in [1.807, 2.05) is 20.2 Å². The first-order valence-electron chi connectivity index (χ1n) is 6.03. The van der Waals surface area contributed by atoms with Crippen molar-refractivity contribution in [2.24, 2.45) is 0 Å². The van der Waals surface area contributed by atoms with Gasteiger partial charge in [0.15, 0.2) is 0 Å². The van der Waals surface area contributed by atoms with Gasteiger partial charge in [-0.15, -0.1) is 0 Å². The van der Waals surface area contributed by atoms with Gasteiger partial charge in [0.1, 0.15) is 5.82 Å². The van der Waals surface area contributed by atoms with Gasteiger partial charge in [-0.25, -0.2) is 4.98 Å². The number of ether oxygens (including phenoxy) is 1. The molecule has 1 heterocycles. The van der Waals surface area contributed by atoms with Crippen molar-refractivity contribution in [2.75, 3.05) is 20.3 Å². The molecule has 16 heavy (non-hydrogen) atoms. The molecule has 1 aromatic heterocycles. The Balaban J connectivity index is 2.36. The van der Waals surface area contributed by atoms with Crippen LogP contribution in [0.1, 0.15) is 31.3 Å². The zero-order valence-electron chi connectivity index (χ0n) is 10.6. The molecule has 0 saturated carbocycles. The third kappa shape index (κ3) is 3.94. The number of aryl methyl sites for hydroxylation is 1. The molecule has 0 spiro atoms. The molecule has 0 unspecified atom stereocenters. The molecule has 0 fully saturated rings. The fourth-order valence-corrected chi connectivity index (χ4v) is 1.65. The average molecular weight is 225 g/mol. The lowest BCUT2D eigenvalue weighted by atomic mass is 10.4. The quantitative estimate of drug-likeness (QED) is 0.685. The van der Waals surface area contributed by atoms with E-state index < -0.39 is 0 Å². The van der Waals surface area contributed by atoms with Crippen LogP contribution in [0.3, 0.4) is 0 Å². The van der Waals surface area contributed by atoms with Gasteiger partial charge in [0.25, 0.3) is 0 Å². The summed E-state index contributed by atoms with van der Waals surface area (Å²) in [5, 5.41) is 3.15. The smallest absolute Gasteiger partial charge is 0.105 e. The highest BCUT2D eigenvalue weighted by Gasteiger charge is 2.04. The summed E-state index contributed by atoms with van der Waals surface area (Å²) in [6, 6.07) is 0. The monoisotopic (exact) mass is 225 g/mol. The van der Waals surface area contributed by atoms with E-state index in [4.69, 9.17) is 4.74 Å². The predicted octanol–water partition coefficient (Wildman–Crippen LogP) is 1.73. The van der Waals surface area contributed by atoms with Crippen molar-refractivity contribution in [3.05, 3.63) is 17.7 Å². The fourth-order valence-electron chi connectivity index (χ4n) is 1.65. The van der Waals surface area contributed by atoms with Gasteiger partial charge in [0, 0.05) is 25.9 Å². The maximum atomic E-state index is 5.57. The molecular weight excluding hydrogens is 202 g/mol. The molecule has 0 bridgehead atoms. The second kappa shape index (κ2) is 7.41. The normalized spacial score (nSPS) is 10.9. The summed E-state index contributed by atoms with van der Waals surface area (Å²) in [6.07, 6.45) is 4.26. The van der Waals surface area contributed by atoms with Crippen molar-refractivity contribution in [2.45, 2.75) is 39.8 Å². The Morgan fingerprint density at radius 2 is 2.25 bits per heavy atom. The van der Waals surface area contributed by atoms with E-state index in [9.17, 15) is 0 Å². The number of rotatable bonds is 8. The lowest BCUT2D eigenvalue weighted by Gasteiger charge is -2.10. The summed E-state index contributed by atoms with van der Waals surface area (Å²) in [7, 11) is 1.95. The van der Waals surface area contributed by atoms with Crippen molar-refractivity contribution in [3.63, 3.8) is 0 Å². The maximum absolute atomic E-state index is 5.57. The Morgan fingerprint density at radius 3 is 2.94 bits per heavy atom. The number of hydrogen-bond donors (Lipinski definition) is 1. The predicted molar refractivity (Wildman–Crippen MR) is 65.5 cm³/mol. The lowest BCUT2D eigenvalue weighted by molar-refractivity contribution is 0.122. The SMILES string of the molecule is CCCCOCCn1c(CNC)cnc1C. The molecule has 0 aliphatic carbocycles. The first-order chi connectivity index (χ1) is 7.79. The van der Waals surface area contributed by atoms with Gasteiger partial charge in [-0.3, -0.25) is 0 Å². The number of nitrogens with one attached hydrogen (secondary N) is 1. The van der Waals surface area contributed by atoms with Crippen LogP contribution in [0.5, 0.6) is 0 Å². The fraction of sp³-hybridized carbons (Fsp3) is 0.750. The van der Waals surface area contributed by atoms with Crippen molar-refractivity contribution >= 4 is 0 Å². The number of unbranched alkanes of at least 4 members (excludes halogenated alkanes) is 1. The molecular formula is C12H23N3O. The Bertz CT molecular complexity index is 296. The minimum Gasteiger partial charge on any atom is -0.380 e. The third-order valence-electron chi connectivity index (χ3n) is 2.60. The molecule has 0 aliphatic rings. The first kappa shape index (κ1) is 13.2. The topological polar surface area (TPSA) is 39.1 Å². The van der Waals surface area contributed by atoms with E-state index in [1.165, 1.54) is 12.1 Å². The highest BCUT2D eigenvalue weighted by molar-refractivity contribution is 5.04. The van der Waals surface area contributed by atoms with E-state index in [0.29, 0.717) is 0 Å². The van der Waals surface area contributed by atoms with Crippen LogP contribution in [0.15, 0.2) is 6.20 Å². The molecule has 0 radical (unpaired) electrons. The van der Waals surface area contributed by atoms with Crippen LogP contribution < -0.4 is 5.32 Å². The molecule has 1 rings (SSSR count). The largest absolute Gasteiger partial charge is 0.380 e. The van der Waals surface area contributed by atoms with Crippen LogP contribution in [-0.4, -0.2) is 29.8 Å². The van der Waals surface area contributed by atoms with E-state index >= 15 is 0 Å². The van der Waals surface area contributed by atoms with E-state index in [2.05, 4.69) is 21.8 Å². The summed E-state index contributed by atoms with van der Waals surface area (Å²) < 4.78 is 7.78. The van der Waals surface area contributed by atoms with E-state index in [-0.39, 0.29) is 0 Å². The molecule has 4 heteroatoms. The third-order valence-corrected chi connectivity index (χ3v) is 2.60. The molecule has 0 saturated heterocycles. The highest BCUT2D eigenvalue weighted by atomic mass is 16.5. The minimum absolute atomic E-state index is 0.772. The molecule has 0 amide bonds. The standard InChI is InChI=1S/C12H23N3O/c1-4-5-7-16-8-6-15-11(2)14-10-12(15)9-13-3/h10,13H,4-9H2,1-3H3. The van der Waals surface area contributed by atoms with Gasteiger partial charge in [0.2, 0.25) is 0 Å². The summed E-state index contributed by atoms with van der Waals surface area (Å²) in [6.45, 7) is 7.60. The second-order valence-electron chi connectivity index (χ2n) is 3.94. The van der Waals surface area contributed by atoms with Crippen LogP contribution in [-0.2, 0) is 17.8 Å². The van der Waals surface area contributed by atoms with Crippen LogP contribution in [0.25, 0.3) is 0 Å². The Morgan fingerprint density at radius 1 is 1.44 bits per heavy atom. The highest BCUT2D eigenvalue weighted by Crippen LogP contribution is 2.04. The van der Waals surface area contributed by atoms with Crippen molar-refractivity contribution in [3.8, 4) is 0 Å². The van der Waals surface area contributed by atoms with E-state index in [1.54, 1.807) is 0 Å². The van der Waals surface area contributed by atoms with Gasteiger partial charge in [-0.1, -0.05) is 13.3 Å². The molecule has 1 N–H and O–H groups in total. The minimum atomic E-state index is 0.772. The summed E-state index contributed by atoms with van der Waals surface area (Å²) in [5.41, 5.74) is 1.22. The zero-order valence-corrected chi connectivity index (χ0v) is 10.6. The van der Waals surface area contributed by atoms with Gasteiger partial charge in [-0.05, 0) is 20.4 Å². The Hall–Kier alpha value is -0.870. The molecule has 0 aliphatic heterocycles. The zero-order chi connectivity index (χ0) is 11.8. The molecule has 92 valence electrons. The van der Waals surface area contributed by atoms with Crippen molar-refractivity contribution in [1.29, 1.82) is 0 Å². The lowest BCUT2D eigenvalue weighted by Crippen LogP contribution is -2.15. The van der Waals surface area contributed by atoms with Gasteiger partial charge < -0.3 is 14.6 Å². The van der Waals surface area contributed by atoms with Gasteiger partial charge in [-0.2, -0.15) is 0 Å². The molecule has 0 atom stereocenters. The number of hydrogen-bond acceptors (Lipinski definition) is 3. The first-order valence-corrected chi connectivity index (χ1v) is 6.03.